The summed E-state index contributed by atoms with van der Waals surface area (Å²) in [6, 6.07) is 8.70. The van der Waals surface area contributed by atoms with Gasteiger partial charge in [-0.3, -0.25) is 4.79 Å². The highest BCUT2D eigenvalue weighted by Crippen LogP contribution is 2.37. The molecule has 0 saturated carbocycles. The number of aryl methyl sites for hydroxylation is 2. The van der Waals surface area contributed by atoms with Gasteiger partial charge in [0.25, 0.3) is 0 Å². The highest BCUT2D eigenvalue weighted by atomic mass is 19.4. The molecular weight excluding hydrogens is 331 g/mol. The molecule has 6 heteroatoms. The van der Waals surface area contributed by atoms with Crippen LogP contribution in [-0.2, 0) is 17.4 Å². The quantitative estimate of drug-likeness (QED) is 0.693. The van der Waals surface area contributed by atoms with Crippen LogP contribution in [0.1, 0.15) is 22.3 Å². The maximum Gasteiger partial charge on any atom is 0.416 e. The minimum Gasteiger partial charge on any atom is -0.481 e. The van der Waals surface area contributed by atoms with E-state index in [0.29, 0.717) is 16.8 Å². The topological polar surface area (TPSA) is 53.1 Å². The van der Waals surface area contributed by atoms with Crippen LogP contribution in [0.15, 0.2) is 36.4 Å². The Morgan fingerprint density at radius 2 is 1.80 bits per heavy atom. The third kappa shape index (κ3) is 3.12. The van der Waals surface area contributed by atoms with E-state index in [1.54, 1.807) is 6.07 Å². The molecule has 3 aromatic rings. The zero-order valence-electron chi connectivity index (χ0n) is 13.7. The van der Waals surface area contributed by atoms with Crippen molar-refractivity contribution in [3.05, 3.63) is 58.7 Å². The Balaban J connectivity index is 2.31. The van der Waals surface area contributed by atoms with Crippen molar-refractivity contribution in [2.24, 2.45) is 0 Å². The first kappa shape index (κ1) is 17.1. The number of aromatic amines is 1. The molecule has 2 aromatic carbocycles. The fraction of sp³-hybridized carbons (Fsp3) is 0.211. The number of aromatic nitrogens is 1. The second kappa shape index (κ2) is 5.95. The van der Waals surface area contributed by atoms with Crippen LogP contribution in [0.5, 0.6) is 0 Å². The van der Waals surface area contributed by atoms with E-state index in [0.717, 1.165) is 34.2 Å². The van der Waals surface area contributed by atoms with Gasteiger partial charge in [-0.15, -0.1) is 0 Å². The van der Waals surface area contributed by atoms with E-state index in [4.69, 9.17) is 0 Å². The van der Waals surface area contributed by atoms with Crippen molar-refractivity contribution < 1.29 is 23.1 Å². The van der Waals surface area contributed by atoms with Gasteiger partial charge in [-0.05, 0) is 48.2 Å². The number of carboxylic acids is 1. The largest absolute Gasteiger partial charge is 0.481 e. The molecule has 0 radical (unpaired) electrons. The smallest absolute Gasteiger partial charge is 0.416 e. The van der Waals surface area contributed by atoms with Gasteiger partial charge in [0.1, 0.15) is 0 Å². The summed E-state index contributed by atoms with van der Waals surface area (Å²) in [7, 11) is 0. The lowest BCUT2D eigenvalue weighted by molar-refractivity contribution is -0.138. The van der Waals surface area contributed by atoms with Crippen LogP contribution in [-0.4, -0.2) is 16.1 Å². The number of alkyl halides is 3. The third-order valence-corrected chi connectivity index (χ3v) is 4.28. The van der Waals surface area contributed by atoms with Crippen molar-refractivity contribution in [2.75, 3.05) is 0 Å². The van der Waals surface area contributed by atoms with Gasteiger partial charge in [-0.1, -0.05) is 24.3 Å². The van der Waals surface area contributed by atoms with E-state index < -0.39 is 17.7 Å². The van der Waals surface area contributed by atoms with Crippen LogP contribution in [0.2, 0.25) is 0 Å². The fourth-order valence-corrected chi connectivity index (χ4v) is 3.11. The van der Waals surface area contributed by atoms with Crippen molar-refractivity contribution >= 4 is 16.9 Å². The Bertz CT molecular complexity index is 971. The molecule has 0 aliphatic rings. The van der Waals surface area contributed by atoms with E-state index in [-0.39, 0.29) is 6.42 Å². The number of hydrogen-bond donors (Lipinski definition) is 2. The number of carbonyl (C=O) groups is 1. The van der Waals surface area contributed by atoms with Crippen molar-refractivity contribution in [1.82, 2.24) is 4.98 Å². The summed E-state index contributed by atoms with van der Waals surface area (Å²) in [5, 5.41) is 10.0. The number of rotatable bonds is 3. The Morgan fingerprint density at radius 1 is 1.12 bits per heavy atom. The highest BCUT2D eigenvalue weighted by molar-refractivity contribution is 5.97. The fourth-order valence-electron chi connectivity index (χ4n) is 3.11. The molecule has 3 rings (SSSR count). The summed E-state index contributed by atoms with van der Waals surface area (Å²) < 4.78 is 39.1. The van der Waals surface area contributed by atoms with E-state index in [2.05, 4.69) is 4.98 Å². The molecule has 0 aliphatic heterocycles. The SMILES string of the molecule is Cc1ccc(C)c2c(CC(=O)O)c(-c3cccc(C(F)(F)F)c3)[nH]c12. The molecule has 130 valence electrons. The zero-order chi connectivity index (χ0) is 18.4. The van der Waals surface area contributed by atoms with Crippen LogP contribution in [0.3, 0.4) is 0 Å². The minimum absolute atomic E-state index is 0.268. The van der Waals surface area contributed by atoms with E-state index in [9.17, 15) is 23.1 Å². The van der Waals surface area contributed by atoms with E-state index >= 15 is 0 Å². The molecule has 0 atom stereocenters. The zero-order valence-corrected chi connectivity index (χ0v) is 13.7. The number of fused-ring (bicyclic) bond motifs is 1. The number of aliphatic carboxylic acids is 1. The summed E-state index contributed by atoms with van der Waals surface area (Å²) in [6.45, 7) is 3.73. The number of benzene rings is 2. The predicted octanol–water partition coefficient (Wildman–Crippen LogP) is 5.10. The Hall–Kier alpha value is -2.76. The van der Waals surface area contributed by atoms with Gasteiger partial charge in [-0.25, -0.2) is 0 Å². The van der Waals surface area contributed by atoms with Crippen LogP contribution < -0.4 is 0 Å². The van der Waals surface area contributed by atoms with Gasteiger partial charge >= 0.3 is 12.1 Å². The van der Waals surface area contributed by atoms with E-state index in [1.165, 1.54) is 6.07 Å². The number of H-pyrrole nitrogens is 1. The van der Waals surface area contributed by atoms with Crippen molar-refractivity contribution in [3.63, 3.8) is 0 Å². The Kier molecular flexibility index (Phi) is 4.06. The third-order valence-electron chi connectivity index (χ3n) is 4.28. The molecule has 0 aliphatic carbocycles. The Morgan fingerprint density at radius 3 is 2.44 bits per heavy atom. The predicted molar refractivity (Wildman–Crippen MR) is 89.6 cm³/mol. The maximum absolute atomic E-state index is 13.0. The molecule has 3 nitrogen and oxygen atoms in total. The van der Waals surface area contributed by atoms with Crippen molar-refractivity contribution in [1.29, 1.82) is 0 Å². The molecular formula is C19H16F3NO2. The average Bonchev–Trinajstić information content (AvgIpc) is 2.90. The number of nitrogens with one attached hydrogen (secondary N) is 1. The van der Waals surface area contributed by atoms with Gasteiger partial charge in [0.05, 0.1) is 17.7 Å². The van der Waals surface area contributed by atoms with Crippen LogP contribution in [0.25, 0.3) is 22.2 Å². The van der Waals surface area contributed by atoms with Crippen LogP contribution >= 0.6 is 0 Å². The van der Waals surface area contributed by atoms with Crippen LogP contribution in [0, 0.1) is 13.8 Å². The molecule has 0 bridgehead atoms. The highest BCUT2D eigenvalue weighted by Gasteiger charge is 2.31. The van der Waals surface area contributed by atoms with Gasteiger partial charge < -0.3 is 10.1 Å². The summed E-state index contributed by atoms with van der Waals surface area (Å²) in [6.07, 6.45) is -4.73. The summed E-state index contributed by atoms with van der Waals surface area (Å²) >= 11 is 0. The number of halogens is 3. The normalized spacial score (nSPS) is 11.9. The molecule has 1 aromatic heterocycles. The van der Waals surface area contributed by atoms with Gasteiger partial charge in [-0.2, -0.15) is 13.2 Å². The van der Waals surface area contributed by atoms with Gasteiger partial charge in [0, 0.05) is 10.9 Å². The average molecular weight is 347 g/mol. The molecule has 0 fully saturated rings. The van der Waals surface area contributed by atoms with Crippen molar-refractivity contribution in [2.45, 2.75) is 26.4 Å². The lowest BCUT2D eigenvalue weighted by Crippen LogP contribution is -2.05. The second-order valence-corrected chi connectivity index (χ2v) is 6.08. The van der Waals surface area contributed by atoms with Crippen LogP contribution in [0.4, 0.5) is 13.2 Å². The second-order valence-electron chi connectivity index (χ2n) is 6.08. The first-order chi connectivity index (χ1) is 11.7. The van der Waals surface area contributed by atoms with Gasteiger partial charge in [0.2, 0.25) is 0 Å². The van der Waals surface area contributed by atoms with E-state index in [1.807, 2.05) is 26.0 Å². The maximum atomic E-state index is 13.0. The lowest BCUT2D eigenvalue weighted by Gasteiger charge is -2.09. The first-order valence-corrected chi connectivity index (χ1v) is 7.68. The summed E-state index contributed by atoms with van der Waals surface area (Å²) in [4.78, 5) is 14.5. The molecule has 2 N–H and O–H groups in total. The number of carboxylic acid groups (broad SMARTS) is 1. The molecule has 0 saturated heterocycles. The Labute approximate surface area is 142 Å². The standard InChI is InChI=1S/C19H16F3NO2/c1-10-6-7-11(2)17-16(10)14(9-15(24)25)18(23-17)12-4-3-5-13(8-12)19(20,21)22/h3-8,23H,9H2,1-2H3,(H,24,25). The summed E-state index contributed by atoms with van der Waals surface area (Å²) in [5.74, 6) is -1.03. The van der Waals surface area contributed by atoms with Crippen molar-refractivity contribution in [3.8, 4) is 11.3 Å². The molecule has 0 amide bonds. The molecule has 1 heterocycles. The summed E-state index contributed by atoms with van der Waals surface area (Å²) in [5.41, 5.74) is 3.02. The molecule has 25 heavy (non-hydrogen) atoms. The molecule has 0 spiro atoms. The minimum atomic E-state index is -4.46. The monoisotopic (exact) mass is 347 g/mol. The number of hydrogen-bond acceptors (Lipinski definition) is 1. The molecule has 0 unspecified atom stereocenters. The van der Waals surface area contributed by atoms with Gasteiger partial charge in [0.15, 0.2) is 0 Å². The lowest BCUT2D eigenvalue weighted by atomic mass is 9.98. The first-order valence-electron chi connectivity index (χ1n) is 7.68.